The number of unbranched alkanes of at least 4 members (excludes halogenated alkanes) is 17. The quantitative estimate of drug-likeness (QED) is 0.0542. The third kappa shape index (κ3) is 35.5. The van der Waals surface area contributed by atoms with Crippen molar-refractivity contribution in [1.82, 2.24) is 4.90 Å². The van der Waals surface area contributed by atoms with Gasteiger partial charge in [0.15, 0.2) is 0 Å². The molecule has 0 heterocycles. The number of aliphatic hydroxyl groups excluding tert-OH is 1. The number of aliphatic hydroxyl groups is 1. The van der Waals surface area contributed by atoms with E-state index in [1.165, 1.54) is 181 Å². The molecular weight excluding hydrogens is 567 g/mol. The first kappa shape index (κ1) is 41.3. The van der Waals surface area contributed by atoms with E-state index in [0.717, 1.165) is 12.8 Å². The second kappa shape index (κ2) is 38.3. The molecule has 0 aromatic rings. The van der Waals surface area contributed by atoms with Crippen LogP contribution in [0.15, 0.2) is 0 Å². The second-order valence-corrected chi connectivity index (χ2v) is 16.7. The first-order valence-electron chi connectivity index (χ1n) is 17.5. The van der Waals surface area contributed by atoms with E-state index in [1.54, 1.807) is 0 Å². The minimum atomic E-state index is 0.348. The van der Waals surface area contributed by atoms with Crippen LogP contribution in [0.25, 0.3) is 0 Å². The Morgan fingerprint density at radius 2 is 0.675 bits per heavy atom. The third-order valence-electron chi connectivity index (χ3n) is 7.53. The largest absolute Gasteiger partial charge is 0.396 e. The van der Waals surface area contributed by atoms with Crippen molar-refractivity contribution in [3.05, 3.63) is 0 Å². The van der Waals surface area contributed by atoms with Crippen LogP contribution in [0.3, 0.4) is 0 Å². The number of rotatable bonds is 36. The van der Waals surface area contributed by atoms with Crippen LogP contribution in [0, 0.1) is 0 Å². The molecule has 0 aliphatic heterocycles. The van der Waals surface area contributed by atoms with Gasteiger partial charge >= 0.3 is 0 Å². The number of hydrogen-bond donors (Lipinski definition) is 1. The molecule has 0 aliphatic rings. The van der Waals surface area contributed by atoms with Crippen LogP contribution in [-0.2, 0) is 0 Å². The Kier molecular flexibility index (Phi) is 39.6. The van der Waals surface area contributed by atoms with Gasteiger partial charge in [0.05, 0.1) is 0 Å². The van der Waals surface area contributed by atoms with Crippen LogP contribution in [0.1, 0.15) is 155 Å². The fourth-order valence-electron chi connectivity index (χ4n) is 4.89. The van der Waals surface area contributed by atoms with Crippen LogP contribution in [-0.4, -0.2) is 69.4 Å². The first-order valence-corrected chi connectivity index (χ1v) is 22.1. The lowest BCUT2D eigenvalue weighted by Crippen LogP contribution is -2.27. The molecule has 242 valence electrons. The minimum Gasteiger partial charge on any atom is -0.396 e. The zero-order chi connectivity index (χ0) is 29.0. The van der Waals surface area contributed by atoms with Crippen molar-refractivity contribution < 1.29 is 5.11 Å². The average molecular weight is 638 g/mol. The monoisotopic (exact) mass is 637 g/mol. The fraction of sp³-hybridized carbons (Fsp3) is 1.00. The summed E-state index contributed by atoms with van der Waals surface area (Å²) in [4.78, 5) is 2.70. The molecule has 0 radical (unpaired) electrons. The van der Waals surface area contributed by atoms with Gasteiger partial charge in [0.2, 0.25) is 0 Å². The van der Waals surface area contributed by atoms with E-state index >= 15 is 0 Å². The molecule has 0 saturated heterocycles. The molecule has 0 spiro atoms. The minimum absolute atomic E-state index is 0.348. The summed E-state index contributed by atoms with van der Waals surface area (Å²) in [5.74, 6) is 5.44. The Labute approximate surface area is 270 Å². The van der Waals surface area contributed by atoms with E-state index in [9.17, 15) is 5.11 Å². The molecule has 40 heavy (non-hydrogen) atoms. The molecule has 0 amide bonds. The lowest BCUT2D eigenvalue weighted by molar-refractivity contribution is 0.234. The first-order chi connectivity index (χ1) is 19.8. The van der Waals surface area contributed by atoms with Gasteiger partial charge in [-0.2, -0.15) is 47.0 Å². The molecule has 0 bridgehead atoms. The van der Waals surface area contributed by atoms with E-state index in [0.29, 0.717) is 6.61 Å². The molecule has 0 unspecified atom stereocenters. The van der Waals surface area contributed by atoms with Crippen LogP contribution in [0.4, 0.5) is 0 Å². The standard InChI is InChI=1S/C34H71NOS4/c1-3-5-21-29-37-33-39-31-23-15-11-7-9-13-17-25-35(27-19-20-28-36)26-18-14-10-8-12-16-24-32-40-34-38-30-22-6-4-2/h36H,3-34H2,1-2H3. The van der Waals surface area contributed by atoms with Crippen LogP contribution in [0.5, 0.6) is 0 Å². The Balaban J connectivity index is 3.54. The van der Waals surface area contributed by atoms with Crippen LogP contribution >= 0.6 is 47.0 Å². The molecule has 0 aromatic heterocycles. The summed E-state index contributed by atoms with van der Waals surface area (Å²) >= 11 is 8.58. The van der Waals surface area contributed by atoms with Crippen molar-refractivity contribution >= 4 is 47.0 Å². The van der Waals surface area contributed by atoms with Gasteiger partial charge in [0, 0.05) is 16.8 Å². The zero-order valence-corrected chi connectivity index (χ0v) is 30.4. The van der Waals surface area contributed by atoms with E-state index in [4.69, 9.17) is 0 Å². The Morgan fingerprint density at radius 3 is 1.02 bits per heavy atom. The van der Waals surface area contributed by atoms with Crippen molar-refractivity contribution in [1.29, 1.82) is 0 Å². The van der Waals surface area contributed by atoms with Gasteiger partial charge in [0.25, 0.3) is 0 Å². The lowest BCUT2D eigenvalue weighted by atomic mass is 10.1. The average Bonchev–Trinajstić information content (AvgIpc) is 2.96. The summed E-state index contributed by atoms with van der Waals surface area (Å²) in [5.41, 5.74) is 0. The van der Waals surface area contributed by atoms with Crippen molar-refractivity contribution in [2.45, 2.75) is 155 Å². The van der Waals surface area contributed by atoms with E-state index < -0.39 is 0 Å². The molecule has 0 aliphatic carbocycles. The van der Waals surface area contributed by atoms with Gasteiger partial charge in [0.1, 0.15) is 0 Å². The van der Waals surface area contributed by atoms with Crippen molar-refractivity contribution in [2.24, 2.45) is 0 Å². The molecule has 6 heteroatoms. The highest BCUT2D eigenvalue weighted by Gasteiger charge is 2.05. The Bertz CT molecular complexity index is 410. The fourth-order valence-corrected chi connectivity index (χ4v) is 9.35. The molecule has 0 rings (SSSR count). The second-order valence-electron chi connectivity index (χ2n) is 11.5. The normalized spacial score (nSPS) is 11.7. The Morgan fingerprint density at radius 1 is 0.375 bits per heavy atom. The Hall–Kier alpha value is 1.32. The van der Waals surface area contributed by atoms with Gasteiger partial charge in [-0.05, 0) is 94.0 Å². The number of hydrogen-bond acceptors (Lipinski definition) is 6. The summed E-state index contributed by atoms with van der Waals surface area (Å²) in [6.07, 6.45) is 30.2. The predicted molar refractivity (Wildman–Crippen MR) is 196 cm³/mol. The summed E-state index contributed by atoms with van der Waals surface area (Å²) in [6.45, 7) is 8.65. The molecule has 0 atom stereocenters. The van der Waals surface area contributed by atoms with Gasteiger partial charge < -0.3 is 10.0 Å². The highest BCUT2D eigenvalue weighted by molar-refractivity contribution is 8.16. The summed E-state index contributed by atoms with van der Waals surface area (Å²) in [6, 6.07) is 0. The van der Waals surface area contributed by atoms with Crippen molar-refractivity contribution in [2.75, 3.05) is 59.4 Å². The van der Waals surface area contributed by atoms with Crippen molar-refractivity contribution in [3.8, 4) is 0 Å². The molecule has 1 N–H and O–H groups in total. The van der Waals surface area contributed by atoms with Gasteiger partial charge in [-0.25, -0.2) is 0 Å². The maximum Gasteiger partial charge on any atom is 0.0431 e. The molecule has 0 fully saturated rings. The zero-order valence-electron chi connectivity index (χ0n) is 27.2. The summed E-state index contributed by atoms with van der Waals surface area (Å²) in [7, 11) is 0. The van der Waals surface area contributed by atoms with E-state index in [1.807, 2.05) is 0 Å². The molecule has 0 aromatic carbocycles. The van der Waals surface area contributed by atoms with Crippen molar-refractivity contribution in [3.63, 3.8) is 0 Å². The van der Waals surface area contributed by atoms with E-state index in [2.05, 4.69) is 65.8 Å². The number of nitrogens with zero attached hydrogens (tertiary/aromatic N) is 1. The van der Waals surface area contributed by atoms with Gasteiger partial charge in [-0.3, -0.25) is 0 Å². The lowest BCUT2D eigenvalue weighted by Gasteiger charge is -2.22. The van der Waals surface area contributed by atoms with E-state index in [-0.39, 0.29) is 0 Å². The number of thioether (sulfide) groups is 4. The smallest absolute Gasteiger partial charge is 0.0431 e. The molecule has 0 saturated carbocycles. The van der Waals surface area contributed by atoms with Gasteiger partial charge in [-0.15, -0.1) is 0 Å². The van der Waals surface area contributed by atoms with Crippen LogP contribution in [0.2, 0.25) is 0 Å². The summed E-state index contributed by atoms with van der Waals surface area (Å²) < 4.78 is 0. The van der Waals surface area contributed by atoms with Gasteiger partial charge in [-0.1, -0.05) is 104 Å². The maximum absolute atomic E-state index is 9.19. The third-order valence-corrected chi connectivity index (χ3v) is 12.5. The highest BCUT2D eigenvalue weighted by atomic mass is 32.2. The molecule has 2 nitrogen and oxygen atoms in total. The maximum atomic E-state index is 9.19. The SMILES string of the molecule is CCCCCSCSCCCCCCCCCN(CCCCO)CCCCCCCCCSCSCCCCC. The highest BCUT2D eigenvalue weighted by Crippen LogP contribution is 2.18. The molecular formula is C34H71NOS4. The van der Waals surface area contributed by atoms with Crippen LogP contribution < -0.4 is 0 Å². The summed E-state index contributed by atoms with van der Waals surface area (Å²) in [5, 5.41) is 11.8. The topological polar surface area (TPSA) is 23.5 Å². The predicted octanol–water partition coefficient (Wildman–Crippen LogP) is 11.8.